The van der Waals surface area contributed by atoms with Crippen LogP contribution in [0.2, 0.25) is 0 Å². The number of carbonyl (C=O) groups excluding carboxylic acids is 1. The quantitative estimate of drug-likeness (QED) is 0.495. The first-order valence-electron chi connectivity index (χ1n) is 12.6. The second-order valence-corrected chi connectivity index (χ2v) is 11.8. The highest BCUT2D eigenvalue weighted by atomic mass is 32.2. The molecule has 7 nitrogen and oxygen atoms in total. The summed E-state index contributed by atoms with van der Waals surface area (Å²) in [6, 6.07) is 10.4. The van der Waals surface area contributed by atoms with Crippen LogP contribution in [0.5, 0.6) is 0 Å². The third-order valence-corrected chi connectivity index (χ3v) is 8.59. The largest absolute Gasteiger partial charge is 0.369 e. The number of methoxy groups -OCH3 is 1. The van der Waals surface area contributed by atoms with Crippen molar-refractivity contribution in [3.63, 3.8) is 0 Å². The first kappa shape index (κ1) is 25.2. The molecule has 1 aromatic carbocycles. The van der Waals surface area contributed by atoms with Crippen LogP contribution in [-0.4, -0.2) is 72.3 Å². The smallest absolute Gasteiger partial charge is 0.258 e. The standard InChI is InChI=1S/C27H37NO6S/c1-7-13-35-24-17(14-16-11-9-8-10-12-16)19-23(30-6)25(29)28(19)20(24)22-21(33-27(4,5)34-22)18-15-31-26(2,3)32-18/h8-12,17-19,21-23H,7,13-15H2,1-6H3/t17-,18+,19-,21+,22+,23-/m0/s1. The third-order valence-electron chi connectivity index (χ3n) is 7.16. The van der Waals surface area contributed by atoms with Crippen molar-refractivity contribution in [1.82, 2.24) is 4.90 Å². The number of benzene rings is 1. The summed E-state index contributed by atoms with van der Waals surface area (Å²) in [7, 11) is 1.63. The predicted molar refractivity (Wildman–Crippen MR) is 134 cm³/mol. The Bertz CT molecular complexity index is 979. The summed E-state index contributed by atoms with van der Waals surface area (Å²) in [5.41, 5.74) is 2.17. The second kappa shape index (κ2) is 9.47. The molecule has 6 atom stereocenters. The molecule has 4 heterocycles. The van der Waals surface area contributed by atoms with Gasteiger partial charge in [0, 0.05) is 17.9 Å². The van der Waals surface area contributed by atoms with E-state index in [4.69, 9.17) is 23.7 Å². The number of nitrogens with zero attached hydrogens (tertiary/aromatic N) is 1. The summed E-state index contributed by atoms with van der Waals surface area (Å²) < 4.78 is 30.7. The molecule has 0 N–H and O–H groups in total. The molecule has 0 saturated carbocycles. The van der Waals surface area contributed by atoms with E-state index >= 15 is 0 Å². The van der Waals surface area contributed by atoms with Gasteiger partial charge in [-0.25, -0.2) is 0 Å². The van der Waals surface area contributed by atoms with Crippen LogP contribution in [0.25, 0.3) is 0 Å². The fraction of sp³-hybridized carbons (Fsp3) is 0.667. The highest BCUT2D eigenvalue weighted by molar-refractivity contribution is 8.03. The Labute approximate surface area is 212 Å². The van der Waals surface area contributed by atoms with Gasteiger partial charge in [-0.1, -0.05) is 37.3 Å². The first-order valence-corrected chi connectivity index (χ1v) is 13.6. The van der Waals surface area contributed by atoms with Gasteiger partial charge in [-0.05, 0) is 51.9 Å². The molecule has 35 heavy (non-hydrogen) atoms. The molecule has 0 aliphatic carbocycles. The Morgan fingerprint density at radius 3 is 2.46 bits per heavy atom. The van der Waals surface area contributed by atoms with Gasteiger partial charge in [-0.2, -0.15) is 0 Å². The number of amides is 1. The lowest BCUT2D eigenvalue weighted by Gasteiger charge is -2.46. The van der Waals surface area contributed by atoms with Crippen LogP contribution >= 0.6 is 11.8 Å². The maximum Gasteiger partial charge on any atom is 0.258 e. The Morgan fingerprint density at radius 2 is 1.83 bits per heavy atom. The van der Waals surface area contributed by atoms with Crippen molar-refractivity contribution in [3.8, 4) is 0 Å². The molecule has 1 aromatic rings. The Kier molecular flexibility index (Phi) is 6.83. The number of rotatable bonds is 8. The van der Waals surface area contributed by atoms with Crippen LogP contribution in [-0.2, 0) is 34.9 Å². The zero-order valence-electron chi connectivity index (χ0n) is 21.5. The van der Waals surface area contributed by atoms with Crippen LogP contribution in [0.1, 0.15) is 46.6 Å². The van der Waals surface area contributed by atoms with E-state index in [-0.39, 0.29) is 30.1 Å². The van der Waals surface area contributed by atoms with Gasteiger partial charge >= 0.3 is 0 Å². The molecule has 0 aromatic heterocycles. The Morgan fingerprint density at radius 1 is 1.09 bits per heavy atom. The molecule has 5 rings (SSSR count). The zero-order valence-corrected chi connectivity index (χ0v) is 22.3. The number of carbonyl (C=O) groups is 1. The van der Waals surface area contributed by atoms with Gasteiger partial charge in [0.05, 0.1) is 18.3 Å². The van der Waals surface area contributed by atoms with Crippen molar-refractivity contribution in [2.24, 2.45) is 5.92 Å². The van der Waals surface area contributed by atoms with Crippen LogP contribution in [0.4, 0.5) is 0 Å². The van der Waals surface area contributed by atoms with E-state index in [0.29, 0.717) is 6.61 Å². The number of hydrogen-bond donors (Lipinski definition) is 0. The summed E-state index contributed by atoms with van der Waals surface area (Å²) in [5, 5.41) is 0. The molecule has 0 unspecified atom stereocenters. The molecule has 0 bridgehead atoms. The molecule has 4 aliphatic rings. The molecule has 1 amide bonds. The summed E-state index contributed by atoms with van der Waals surface area (Å²) in [4.78, 5) is 16.5. The first-order chi connectivity index (χ1) is 16.7. The van der Waals surface area contributed by atoms with E-state index in [2.05, 4.69) is 31.2 Å². The van der Waals surface area contributed by atoms with Gasteiger partial charge in [-0.3, -0.25) is 4.79 Å². The fourth-order valence-electron chi connectivity index (χ4n) is 5.76. The average Bonchev–Trinajstić information content (AvgIpc) is 3.42. The zero-order chi connectivity index (χ0) is 25.0. The maximum atomic E-state index is 13.4. The van der Waals surface area contributed by atoms with E-state index in [1.807, 2.05) is 50.4 Å². The van der Waals surface area contributed by atoms with Crippen molar-refractivity contribution in [3.05, 3.63) is 46.5 Å². The Hall–Kier alpha value is -1.42. The molecule has 0 spiro atoms. The van der Waals surface area contributed by atoms with Gasteiger partial charge in [-0.15, -0.1) is 11.8 Å². The monoisotopic (exact) mass is 503 g/mol. The minimum Gasteiger partial charge on any atom is -0.369 e. The number of fused-ring (bicyclic) bond motifs is 1. The van der Waals surface area contributed by atoms with Crippen LogP contribution < -0.4 is 0 Å². The number of thioether (sulfide) groups is 1. The summed E-state index contributed by atoms with van der Waals surface area (Å²) in [5.74, 6) is -0.388. The average molecular weight is 504 g/mol. The summed E-state index contributed by atoms with van der Waals surface area (Å²) >= 11 is 1.84. The van der Waals surface area contributed by atoms with Gasteiger partial charge in [0.1, 0.15) is 18.3 Å². The second-order valence-electron chi connectivity index (χ2n) is 10.6. The lowest BCUT2D eigenvalue weighted by molar-refractivity contribution is -0.175. The summed E-state index contributed by atoms with van der Waals surface area (Å²) in [6.07, 6.45) is 0.320. The molecule has 0 radical (unpaired) electrons. The lowest BCUT2D eigenvalue weighted by atomic mass is 9.85. The van der Waals surface area contributed by atoms with E-state index < -0.39 is 23.8 Å². The molecule has 4 aliphatic heterocycles. The third kappa shape index (κ3) is 4.58. The van der Waals surface area contributed by atoms with Gasteiger partial charge in [0.25, 0.3) is 5.91 Å². The molecular weight excluding hydrogens is 466 g/mol. The van der Waals surface area contributed by atoms with Crippen LogP contribution in [0.15, 0.2) is 40.9 Å². The molecular formula is C27H37NO6S. The van der Waals surface area contributed by atoms with Crippen LogP contribution in [0.3, 0.4) is 0 Å². The van der Waals surface area contributed by atoms with E-state index in [1.165, 1.54) is 10.5 Å². The van der Waals surface area contributed by atoms with Crippen molar-refractivity contribution in [2.75, 3.05) is 19.5 Å². The number of β-lactam (4-membered cyclic amide) rings is 1. The van der Waals surface area contributed by atoms with Crippen molar-refractivity contribution < 1.29 is 28.5 Å². The van der Waals surface area contributed by atoms with Crippen LogP contribution in [0, 0.1) is 5.92 Å². The minimum absolute atomic E-state index is 0.00589. The SMILES string of the molecule is CCCSC1=C([C@H]2OC(C)(C)O[C@@H]2[C@H]2COC(C)(C)O2)N2C(=O)[C@@H](OC)[C@@H]2[C@@H]1Cc1ccccc1. The fourth-order valence-corrected chi connectivity index (χ4v) is 6.98. The van der Waals surface area contributed by atoms with E-state index in [0.717, 1.165) is 24.3 Å². The molecule has 3 saturated heterocycles. The van der Waals surface area contributed by atoms with Crippen molar-refractivity contribution in [2.45, 2.75) is 89.5 Å². The lowest BCUT2D eigenvalue weighted by Crippen LogP contribution is -2.66. The highest BCUT2D eigenvalue weighted by Crippen LogP contribution is 2.53. The number of ether oxygens (including phenoxy) is 5. The van der Waals surface area contributed by atoms with Gasteiger partial charge in [0.15, 0.2) is 17.7 Å². The molecule has 3 fully saturated rings. The topological polar surface area (TPSA) is 66.5 Å². The van der Waals surface area contributed by atoms with Crippen molar-refractivity contribution in [1.29, 1.82) is 0 Å². The van der Waals surface area contributed by atoms with E-state index in [1.54, 1.807) is 7.11 Å². The van der Waals surface area contributed by atoms with Gasteiger partial charge in [0.2, 0.25) is 0 Å². The predicted octanol–water partition coefficient (Wildman–Crippen LogP) is 4.11. The van der Waals surface area contributed by atoms with Gasteiger partial charge < -0.3 is 28.6 Å². The normalized spacial score (nSPS) is 35.5. The number of hydrogen-bond acceptors (Lipinski definition) is 7. The Balaban J connectivity index is 1.56. The molecule has 192 valence electrons. The molecule has 8 heteroatoms. The van der Waals surface area contributed by atoms with E-state index in [9.17, 15) is 4.79 Å². The minimum atomic E-state index is -0.805. The highest BCUT2D eigenvalue weighted by Gasteiger charge is 2.63. The van der Waals surface area contributed by atoms with Crippen molar-refractivity contribution >= 4 is 17.7 Å². The summed E-state index contributed by atoms with van der Waals surface area (Å²) in [6.45, 7) is 10.3. The maximum absolute atomic E-state index is 13.4.